The van der Waals surface area contributed by atoms with Gasteiger partial charge in [-0.2, -0.15) is 4.98 Å². The second-order valence-corrected chi connectivity index (χ2v) is 6.19. The van der Waals surface area contributed by atoms with E-state index in [1.54, 1.807) is 23.1 Å². The Kier molecular flexibility index (Phi) is 4.13. The molecule has 2 aromatic heterocycles. The highest BCUT2D eigenvalue weighted by Crippen LogP contribution is 2.29. The van der Waals surface area contributed by atoms with Crippen molar-refractivity contribution in [2.45, 2.75) is 23.4 Å². The maximum Gasteiger partial charge on any atom is 0.237 e. The first-order valence-corrected chi connectivity index (χ1v) is 8.17. The Morgan fingerprint density at radius 2 is 2.05 bits per heavy atom. The van der Waals surface area contributed by atoms with E-state index in [4.69, 9.17) is 4.52 Å². The third kappa shape index (κ3) is 3.08. The number of hydrogen-bond donors (Lipinski definition) is 0. The van der Waals surface area contributed by atoms with Crippen LogP contribution in [0.1, 0.15) is 18.6 Å². The van der Waals surface area contributed by atoms with Crippen molar-refractivity contribution in [1.29, 1.82) is 0 Å². The van der Waals surface area contributed by atoms with Gasteiger partial charge in [-0.25, -0.2) is 4.98 Å². The van der Waals surface area contributed by atoms with Crippen molar-refractivity contribution in [3.8, 4) is 11.3 Å². The lowest BCUT2D eigenvalue weighted by Crippen LogP contribution is -1.84. The lowest BCUT2D eigenvalue weighted by Gasteiger charge is -1.94. The van der Waals surface area contributed by atoms with Crippen LogP contribution in [0.15, 0.2) is 44.6 Å². The number of aryl methyl sites for hydroxylation is 1. The summed E-state index contributed by atoms with van der Waals surface area (Å²) in [6.07, 6.45) is 0.795. The molecule has 0 unspecified atom stereocenters. The van der Waals surface area contributed by atoms with Crippen molar-refractivity contribution >= 4 is 23.1 Å². The summed E-state index contributed by atoms with van der Waals surface area (Å²) in [7, 11) is 0. The molecule has 102 valence electrons. The third-order valence-electron chi connectivity index (χ3n) is 2.70. The average Bonchev–Trinajstić information content (AvgIpc) is 3.15. The number of hydrogen-bond acceptors (Lipinski definition) is 6. The van der Waals surface area contributed by atoms with Crippen LogP contribution in [0.25, 0.3) is 11.3 Å². The van der Waals surface area contributed by atoms with Crippen LogP contribution < -0.4 is 0 Å². The summed E-state index contributed by atoms with van der Waals surface area (Å²) in [6.45, 7) is 2.01. The van der Waals surface area contributed by atoms with Crippen LogP contribution in [0.2, 0.25) is 0 Å². The normalized spacial score (nSPS) is 10.8. The number of nitrogens with zero attached hydrogens (tertiary/aromatic N) is 3. The highest BCUT2D eigenvalue weighted by molar-refractivity contribution is 8.00. The average molecular weight is 303 g/mol. The van der Waals surface area contributed by atoms with Crippen molar-refractivity contribution in [2.24, 2.45) is 0 Å². The number of aromatic nitrogens is 3. The van der Waals surface area contributed by atoms with Gasteiger partial charge in [0.05, 0.1) is 11.4 Å². The SMILES string of the molecule is CCc1noc(CSc2nc(-c3ccccc3)cs2)n1. The summed E-state index contributed by atoms with van der Waals surface area (Å²) in [6, 6.07) is 10.2. The smallest absolute Gasteiger partial charge is 0.237 e. The van der Waals surface area contributed by atoms with Crippen molar-refractivity contribution < 1.29 is 4.52 Å². The Balaban J connectivity index is 1.65. The predicted molar refractivity (Wildman–Crippen MR) is 80.8 cm³/mol. The second-order valence-electron chi connectivity index (χ2n) is 4.11. The minimum Gasteiger partial charge on any atom is -0.338 e. The van der Waals surface area contributed by atoms with E-state index in [0.29, 0.717) is 11.6 Å². The molecule has 0 radical (unpaired) electrons. The van der Waals surface area contributed by atoms with Gasteiger partial charge in [-0.15, -0.1) is 11.3 Å². The molecular formula is C14H13N3OS2. The maximum atomic E-state index is 5.16. The Morgan fingerprint density at radius 3 is 2.80 bits per heavy atom. The standard InChI is InChI=1S/C14H13N3OS2/c1-2-12-16-13(18-17-12)9-20-14-15-11(8-19-14)10-6-4-3-5-7-10/h3-8H,2,9H2,1H3. The first-order chi connectivity index (χ1) is 9.85. The Hall–Kier alpha value is -1.66. The van der Waals surface area contributed by atoms with E-state index in [1.165, 1.54) is 0 Å². The van der Waals surface area contributed by atoms with E-state index in [2.05, 4.69) is 32.6 Å². The summed E-state index contributed by atoms with van der Waals surface area (Å²) in [4.78, 5) is 8.90. The number of thiazole rings is 1. The first kappa shape index (κ1) is 13.3. The molecule has 20 heavy (non-hydrogen) atoms. The summed E-state index contributed by atoms with van der Waals surface area (Å²) >= 11 is 3.26. The van der Waals surface area contributed by atoms with Crippen LogP contribution >= 0.6 is 23.1 Å². The Labute approximate surface area is 125 Å². The van der Waals surface area contributed by atoms with Gasteiger partial charge >= 0.3 is 0 Å². The molecule has 0 aliphatic carbocycles. The van der Waals surface area contributed by atoms with Gasteiger partial charge in [-0.05, 0) is 0 Å². The van der Waals surface area contributed by atoms with Gasteiger partial charge in [-0.3, -0.25) is 0 Å². The van der Waals surface area contributed by atoms with Gasteiger partial charge in [0.15, 0.2) is 10.2 Å². The number of rotatable bonds is 5. The zero-order chi connectivity index (χ0) is 13.8. The van der Waals surface area contributed by atoms with Gasteiger partial charge in [0, 0.05) is 17.4 Å². The fourth-order valence-corrected chi connectivity index (χ4v) is 3.35. The van der Waals surface area contributed by atoms with Gasteiger partial charge in [-0.1, -0.05) is 54.2 Å². The van der Waals surface area contributed by atoms with Crippen molar-refractivity contribution in [1.82, 2.24) is 15.1 Å². The maximum absolute atomic E-state index is 5.16. The van der Waals surface area contributed by atoms with Crippen LogP contribution in [0, 0.1) is 0 Å². The molecule has 2 heterocycles. The van der Waals surface area contributed by atoms with E-state index < -0.39 is 0 Å². The molecule has 3 rings (SSSR count). The molecule has 0 saturated carbocycles. The largest absolute Gasteiger partial charge is 0.338 e. The summed E-state index contributed by atoms with van der Waals surface area (Å²) in [5.41, 5.74) is 2.15. The topological polar surface area (TPSA) is 51.8 Å². The molecule has 0 aliphatic rings. The van der Waals surface area contributed by atoms with Crippen LogP contribution in [0.3, 0.4) is 0 Å². The Bertz CT molecular complexity index is 679. The molecular weight excluding hydrogens is 290 g/mol. The van der Waals surface area contributed by atoms with Crippen molar-refractivity contribution in [3.05, 3.63) is 47.4 Å². The predicted octanol–water partition coefficient (Wildman–Crippen LogP) is 4.05. The lowest BCUT2D eigenvalue weighted by molar-refractivity contribution is 0.385. The molecule has 0 N–H and O–H groups in total. The third-order valence-corrected chi connectivity index (χ3v) is 4.70. The van der Waals surface area contributed by atoms with Crippen LogP contribution in [-0.2, 0) is 12.2 Å². The van der Waals surface area contributed by atoms with E-state index >= 15 is 0 Å². The quantitative estimate of drug-likeness (QED) is 0.666. The summed E-state index contributed by atoms with van der Waals surface area (Å²) in [5.74, 6) is 2.07. The van der Waals surface area contributed by atoms with Gasteiger partial charge < -0.3 is 4.52 Å². The van der Waals surface area contributed by atoms with E-state index in [-0.39, 0.29) is 0 Å². The summed E-state index contributed by atoms with van der Waals surface area (Å²) in [5, 5.41) is 5.96. The molecule has 1 aromatic carbocycles. The number of thioether (sulfide) groups is 1. The molecule has 0 fully saturated rings. The van der Waals surface area contributed by atoms with Crippen LogP contribution in [0.4, 0.5) is 0 Å². The van der Waals surface area contributed by atoms with E-state index in [1.807, 2.05) is 25.1 Å². The number of benzene rings is 1. The molecule has 0 spiro atoms. The zero-order valence-electron chi connectivity index (χ0n) is 10.9. The van der Waals surface area contributed by atoms with Gasteiger partial charge in [0.1, 0.15) is 0 Å². The minimum atomic E-state index is 0.656. The molecule has 0 amide bonds. The van der Waals surface area contributed by atoms with Crippen LogP contribution in [-0.4, -0.2) is 15.1 Å². The van der Waals surface area contributed by atoms with Crippen LogP contribution in [0.5, 0.6) is 0 Å². The fourth-order valence-electron chi connectivity index (χ4n) is 1.68. The zero-order valence-corrected chi connectivity index (χ0v) is 12.6. The molecule has 0 aliphatic heterocycles. The molecule has 0 atom stereocenters. The summed E-state index contributed by atoms with van der Waals surface area (Å²) < 4.78 is 6.18. The van der Waals surface area contributed by atoms with Gasteiger partial charge in [0.25, 0.3) is 0 Å². The fraction of sp³-hybridized carbons (Fsp3) is 0.214. The molecule has 0 bridgehead atoms. The van der Waals surface area contributed by atoms with Crippen molar-refractivity contribution in [3.63, 3.8) is 0 Å². The molecule has 0 saturated heterocycles. The first-order valence-electron chi connectivity index (χ1n) is 6.30. The highest BCUT2D eigenvalue weighted by atomic mass is 32.2. The minimum absolute atomic E-state index is 0.656. The van der Waals surface area contributed by atoms with E-state index in [9.17, 15) is 0 Å². The van der Waals surface area contributed by atoms with Crippen molar-refractivity contribution in [2.75, 3.05) is 0 Å². The molecule has 6 heteroatoms. The Morgan fingerprint density at radius 1 is 1.20 bits per heavy atom. The molecule has 3 aromatic rings. The molecule has 4 nitrogen and oxygen atoms in total. The van der Waals surface area contributed by atoms with Gasteiger partial charge in [0.2, 0.25) is 5.89 Å². The highest BCUT2D eigenvalue weighted by Gasteiger charge is 2.08. The lowest BCUT2D eigenvalue weighted by atomic mass is 10.2. The van der Waals surface area contributed by atoms with E-state index in [0.717, 1.165) is 27.8 Å². The monoisotopic (exact) mass is 303 g/mol. The second kappa shape index (κ2) is 6.19.